The molecule has 1 amide bonds. The van der Waals surface area contributed by atoms with E-state index in [-0.39, 0.29) is 35.8 Å². The fourth-order valence-electron chi connectivity index (χ4n) is 6.20. The molecule has 7 heteroatoms. The molecule has 4 aliphatic carbocycles. The Morgan fingerprint density at radius 2 is 1.87 bits per heavy atom. The first-order valence-corrected chi connectivity index (χ1v) is 11.9. The average Bonchev–Trinajstić information content (AvgIpc) is 2.71. The Morgan fingerprint density at radius 1 is 1.19 bits per heavy atom. The number of halogens is 1. The number of carbonyl (C=O) groups is 2. The molecule has 0 radical (unpaired) electrons. The molecule has 0 aromatic heterocycles. The zero-order chi connectivity index (χ0) is 22.1. The molecule has 4 aliphatic rings. The van der Waals surface area contributed by atoms with Gasteiger partial charge in [0.2, 0.25) is 0 Å². The zero-order valence-electron chi connectivity index (χ0n) is 17.9. The fraction of sp³-hybridized carbons (Fsp3) is 0.625. The van der Waals surface area contributed by atoms with Crippen LogP contribution in [0.2, 0.25) is 0 Å². The van der Waals surface area contributed by atoms with E-state index in [9.17, 15) is 9.59 Å². The number of nitriles is 1. The summed E-state index contributed by atoms with van der Waals surface area (Å²) in [5.41, 5.74) is 0.207. The SMILES string of the molecule is CCOc1ccc(N(CCC#N)C(=O)COC(=O)C23CC4CC(CC(Br)(C4)C2)C3)cc1. The van der Waals surface area contributed by atoms with Crippen LogP contribution in [0.5, 0.6) is 5.75 Å². The number of hydrogen-bond donors (Lipinski definition) is 0. The largest absolute Gasteiger partial charge is 0.494 e. The Hall–Kier alpha value is -2.07. The predicted octanol–water partition coefficient (Wildman–Crippen LogP) is 4.61. The maximum Gasteiger partial charge on any atom is 0.312 e. The van der Waals surface area contributed by atoms with Crippen LogP contribution in [0.3, 0.4) is 0 Å². The molecule has 4 bridgehead atoms. The van der Waals surface area contributed by atoms with Gasteiger partial charge in [0.1, 0.15) is 5.75 Å². The summed E-state index contributed by atoms with van der Waals surface area (Å²) >= 11 is 3.92. The van der Waals surface area contributed by atoms with Crippen LogP contribution in [-0.2, 0) is 14.3 Å². The number of alkyl halides is 1. The first-order chi connectivity index (χ1) is 14.9. The summed E-state index contributed by atoms with van der Waals surface area (Å²) in [5, 5.41) is 9.00. The van der Waals surface area contributed by atoms with Gasteiger partial charge >= 0.3 is 5.97 Å². The molecule has 2 unspecified atom stereocenters. The molecule has 5 rings (SSSR count). The highest BCUT2D eigenvalue weighted by atomic mass is 79.9. The van der Waals surface area contributed by atoms with Crippen molar-refractivity contribution in [2.75, 3.05) is 24.7 Å². The van der Waals surface area contributed by atoms with Crippen LogP contribution >= 0.6 is 15.9 Å². The van der Waals surface area contributed by atoms with Gasteiger partial charge in [-0.15, -0.1) is 0 Å². The summed E-state index contributed by atoms with van der Waals surface area (Å²) < 4.78 is 11.1. The molecule has 166 valence electrons. The predicted molar refractivity (Wildman–Crippen MR) is 120 cm³/mol. The number of amides is 1. The smallest absolute Gasteiger partial charge is 0.312 e. The van der Waals surface area contributed by atoms with Crippen LogP contribution < -0.4 is 9.64 Å². The highest BCUT2D eigenvalue weighted by Gasteiger charge is 2.60. The number of anilines is 1. The summed E-state index contributed by atoms with van der Waals surface area (Å²) in [4.78, 5) is 27.6. The van der Waals surface area contributed by atoms with E-state index in [1.807, 2.05) is 6.92 Å². The summed E-state index contributed by atoms with van der Waals surface area (Å²) in [6.07, 6.45) is 6.24. The lowest BCUT2D eigenvalue weighted by atomic mass is 9.49. The maximum absolute atomic E-state index is 13.2. The van der Waals surface area contributed by atoms with Crippen molar-refractivity contribution in [3.63, 3.8) is 0 Å². The van der Waals surface area contributed by atoms with Gasteiger partial charge in [-0.1, -0.05) is 15.9 Å². The molecular weight excluding hydrogens is 460 g/mol. The van der Waals surface area contributed by atoms with Crippen molar-refractivity contribution in [1.29, 1.82) is 5.26 Å². The van der Waals surface area contributed by atoms with E-state index in [0.717, 1.165) is 37.9 Å². The molecule has 4 fully saturated rings. The van der Waals surface area contributed by atoms with Crippen LogP contribution in [-0.4, -0.2) is 36.0 Å². The third kappa shape index (κ3) is 4.59. The second kappa shape index (κ2) is 8.82. The van der Waals surface area contributed by atoms with Crippen molar-refractivity contribution in [3.8, 4) is 11.8 Å². The van der Waals surface area contributed by atoms with Gasteiger partial charge in [0.15, 0.2) is 6.61 Å². The van der Waals surface area contributed by atoms with Crippen LogP contribution in [0.15, 0.2) is 24.3 Å². The molecule has 6 nitrogen and oxygen atoms in total. The Balaban J connectivity index is 1.42. The third-order valence-corrected chi connectivity index (χ3v) is 7.88. The van der Waals surface area contributed by atoms with Gasteiger partial charge in [-0.05, 0) is 81.5 Å². The van der Waals surface area contributed by atoms with E-state index in [1.54, 1.807) is 24.3 Å². The van der Waals surface area contributed by atoms with Crippen LogP contribution in [0, 0.1) is 28.6 Å². The van der Waals surface area contributed by atoms with Gasteiger partial charge in [-0.3, -0.25) is 9.59 Å². The zero-order valence-corrected chi connectivity index (χ0v) is 19.5. The van der Waals surface area contributed by atoms with E-state index < -0.39 is 5.41 Å². The Labute approximate surface area is 192 Å². The van der Waals surface area contributed by atoms with Gasteiger partial charge in [-0.2, -0.15) is 5.26 Å². The number of ether oxygens (including phenoxy) is 2. The van der Waals surface area contributed by atoms with E-state index in [4.69, 9.17) is 14.7 Å². The topological polar surface area (TPSA) is 79.6 Å². The molecule has 0 aliphatic heterocycles. The van der Waals surface area contributed by atoms with Crippen LogP contribution in [0.1, 0.15) is 51.9 Å². The first-order valence-electron chi connectivity index (χ1n) is 11.1. The lowest BCUT2D eigenvalue weighted by Gasteiger charge is -2.58. The molecule has 0 heterocycles. The second-order valence-corrected chi connectivity index (χ2v) is 11.0. The number of rotatable bonds is 8. The number of hydrogen-bond acceptors (Lipinski definition) is 5. The van der Waals surface area contributed by atoms with E-state index in [2.05, 4.69) is 22.0 Å². The molecule has 1 aromatic rings. The molecule has 31 heavy (non-hydrogen) atoms. The van der Waals surface area contributed by atoms with Gasteiger partial charge < -0.3 is 14.4 Å². The van der Waals surface area contributed by atoms with Crippen molar-refractivity contribution in [2.45, 2.75) is 56.2 Å². The normalized spacial score (nSPS) is 30.5. The molecule has 1 aromatic carbocycles. The minimum atomic E-state index is -0.454. The maximum atomic E-state index is 13.2. The highest BCUT2D eigenvalue weighted by molar-refractivity contribution is 9.10. The quantitative estimate of drug-likeness (QED) is 0.394. The summed E-state index contributed by atoms with van der Waals surface area (Å²) in [6.45, 7) is 2.42. The molecular formula is C24H29BrN2O4. The highest BCUT2D eigenvalue weighted by Crippen LogP contribution is 2.64. The lowest BCUT2D eigenvalue weighted by Crippen LogP contribution is -2.56. The molecule has 2 atom stereocenters. The van der Waals surface area contributed by atoms with Gasteiger partial charge in [0, 0.05) is 16.6 Å². The Bertz CT molecular complexity index is 865. The Morgan fingerprint density at radius 3 is 2.45 bits per heavy atom. The number of esters is 1. The van der Waals surface area contributed by atoms with Crippen molar-refractivity contribution in [1.82, 2.24) is 0 Å². The first kappa shape index (κ1) is 22.1. The minimum absolute atomic E-state index is 0.0568. The monoisotopic (exact) mass is 488 g/mol. The summed E-state index contributed by atoms with van der Waals surface area (Å²) in [5.74, 6) is 1.31. The standard InChI is InChI=1S/C24H29BrN2O4/c1-2-30-20-6-4-19(5-7-20)27(9-3-8-26)21(28)15-31-22(29)23-11-17-10-18(12-23)14-24(25,13-17)16-23/h4-7,17-18H,2-3,9-16H2,1H3. The number of carbonyl (C=O) groups excluding carboxylic acids is 2. The van der Waals surface area contributed by atoms with Crippen molar-refractivity contribution in [3.05, 3.63) is 24.3 Å². The van der Waals surface area contributed by atoms with Gasteiger partial charge in [0.05, 0.1) is 24.5 Å². The van der Waals surface area contributed by atoms with E-state index in [1.165, 1.54) is 11.3 Å². The molecule has 0 N–H and O–H groups in total. The fourth-order valence-corrected chi connectivity index (χ4v) is 7.65. The second-order valence-electron chi connectivity index (χ2n) is 9.35. The van der Waals surface area contributed by atoms with Gasteiger partial charge in [0.25, 0.3) is 5.91 Å². The van der Waals surface area contributed by atoms with Crippen molar-refractivity contribution >= 4 is 33.5 Å². The molecule has 0 saturated heterocycles. The average molecular weight is 489 g/mol. The molecule has 4 saturated carbocycles. The van der Waals surface area contributed by atoms with Gasteiger partial charge in [-0.25, -0.2) is 0 Å². The van der Waals surface area contributed by atoms with Crippen molar-refractivity contribution < 1.29 is 19.1 Å². The van der Waals surface area contributed by atoms with Crippen molar-refractivity contribution in [2.24, 2.45) is 17.3 Å². The molecule has 0 spiro atoms. The van der Waals surface area contributed by atoms with E-state index in [0.29, 0.717) is 24.1 Å². The number of benzene rings is 1. The Kier molecular flexibility index (Phi) is 6.30. The lowest BCUT2D eigenvalue weighted by molar-refractivity contribution is -0.171. The van der Waals surface area contributed by atoms with Crippen LogP contribution in [0.25, 0.3) is 0 Å². The third-order valence-electron chi connectivity index (χ3n) is 6.96. The minimum Gasteiger partial charge on any atom is -0.494 e. The number of nitrogens with zero attached hydrogens (tertiary/aromatic N) is 2. The van der Waals surface area contributed by atoms with E-state index >= 15 is 0 Å². The summed E-state index contributed by atoms with van der Waals surface area (Å²) in [7, 11) is 0. The summed E-state index contributed by atoms with van der Waals surface area (Å²) in [6, 6.07) is 9.24. The van der Waals surface area contributed by atoms with Crippen LogP contribution in [0.4, 0.5) is 5.69 Å².